The molecular formula is C13H18BrNOS. The standard InChI is InChI=1S/C13H18BrNOS/c1-9-11(4-3-7-17-9)15-12-8-10(14)5-6-13(12)16-2/h5-6,8-9,11,15H,3-4,7H2,1-2H3. The largest absolute Gasteiger partial charge is 0.495 e. The fraction of sp³-hybridized carbons (Fsp3) is 0.538. The molecule has 1 aliphatic heterocycles. The van der Waals surface area contributed by atoms with E-state index in [2.05, 4.69) is 34.2 Å². The molecule has 0 radical (unpaired) electrons. The van der Waals surface area contributed by atoms with Crippen LogP contribution in [0.3, 0.4) is 0 Å². The predicted octanol–water partition coefficient (Wildman–Crippen LogP) is 4.15. The highest BCUT2D eigenvalue weighted by molar-refractivity contribution is 9.10. The third-order valence-electron chi connectivity index (χ3n) is 3.11. The zero-order valence-electron chi connectivity index (χ0n) is 10.2. The van der Waals surface area contributed by atoms with Crippen LogP contribution in [-0.2, 0) is 0 Å². The highest BCUT2D eigenvalue weighted by atomic mass is 79.9. The van der Waals surface area contributed by atoms with Gasteiger partial charge in [0.05, 0.1) is 12.8 Å². The molecule has 0 saturated carbocycles. The highest BCUT2D eigenvalue weighted by Gasteiger charge is 2.22. The van der Waals surface area contributed by atoms with Crippen LogP contribution in [0.2, 0.25) is 0 Å². The maximum atomic E-state index is 5.39. The molecule has 1 aliphatic rings. The molecule has 94 valence electrons. The van der Waals surface area contributed by atoms with Gasteiger partial charge in [-0.25, -0.2) is 0 Å². The molecule has 17 heavy (non-hydrogen) atoms. The van der Waals surface area contributed by atoms with Crippen LogP contribution in [0.1, 0.15) is 19.8 Å². The first-order chi connectivity index (χ1) is 8.20. The van der Waals surface area contributed by atoms with Crippen LogP contribution in [0, 0.1) is 0 Å². The van der Waals surface area contributed by atoms with E-state index in [1.54, 1.807) is 7.11 Å². The molecule has 1 fully saturated rings. The summed E-state index contributed by atoms with van der Waals surface area (Å²) in [6.07, 6.45) is 2.53. The Morgan fingerprint density at radius 1 is 1.47 bits per heavy atom. The average molecular weight is 316 g/mol. The van der Waals surface area contributed by atoms with Gasteiger partial charge in [-0.15, -0.1) is 0 Å². The quantitative estimate of drug-likeness (QED) is 0.905. The first-order valence-corrected chi connectivity index (χ1v) is 7.76. The molecule has 2 unspecified atom stereocenters. The number of rotatable bonds is 3. The molecule has 1 aromatic rings. The Morgan fingerprint density at radius 3 is 3.00 bits per heavy atom. The van der Waals surface area contributed by atoms with E-state index >= 15 is 0 Å². The Morgan fingerprint density at radius 2 is 2.29 bits per heavy atom. The lowest BCUT2D eigenvalue weighted by molar-refractivity contribution is 0.415. The summed E-state index contributed by atoms with van der Waals surface area (Å²) in [5.41, 5.74) is 1.08. The van der Waals surface area contributed by atoms with Crippen LogP contribution in [0.5, 0.6) is 5.75 Å². The third kappa shape index (κ3) is 3.32. The molecule has 2 atom stereocenters. The van der Waals surface area contributed by atoms with Crippen molar-refractivity contribution in [2.45, 2.75) is 31.1 Å². The van der Waals surface area contributed by atoms with Gasteiger partial charge in [-0.1, -0.05) is 22.9 Å². The van der Waals surface area contributed by atoms with Crippen LogP contribution in [0.25, 0.3) is 0 Å². The van der Waals surface area contributed by atoms with Crippen LogP contribution < -0.4 is 10.1 Å². The summed E-state index contributed by atoms with van der Waals surface area (Å²) >= 11 is 5.55. The first kappa shape index (κ1) is 13.1. The summed E-state index contributed by atoms with van der Waals surface area (Å²) in [6, 6.07) is 6.62. The number of ether oxygens (including phenoxy) is 1. The van der Waals surface area contributed by atoms with Gasteiger partial charge < -0.3 is 10.1 Å². The molecule has 1 N–H and O–H groups in total. The van der Waals surface area contributed by atoms with E-state index in [9.17, 15) is 0 Å². The van der Waals surface area contributed by atoms with Gasteiger partial charge in [0.2, 0.25) is 0 Å². The van der Waals surface area contributed by atoms with Crippen molar-refractivity contribution in [3.05, 3.63) is 22.7 Å². The lowest BCUT2D eigenvalue weighted by Crippen LogP contribution is -2.32. The van der Waals surface area contributed by atoms with Gasteiger partial charge in [-0.05, 0) is 36.8 Å². The van der Waals surface area contributed by atoms with Crippen molar-refractivity contribution in [1.29, 1.82) is 0 Å². The summed E-state index contributed by atoms with van der Waals surface area (Å²) in [5.74, 6) is 2.20. The van der Waals surface area contributed by atoms with Crippen LogP contribution in [-0.4, -0.2) is 24.2 Å². The molecule has 0 aliphatic carbocycles. The average Bonchev–Trinajstić information content (AvgIpc) is 2.32. The number of hydrogen-bond donors (Lipinski definition) is 1. The number of anilines is 1. The number of methoxy groups -OCH3 is 1. The summed E-state index contributed by atoms with van der Waals surface area (Å²) in [6.45, 7) is 2.30. The molecule has 0 amide bonds. The molecule has 1 aromatic carbocycles. The zero-order chi connectivity index (χ0) is 12.3. The van der Waals surface area contributed by atoms with Crippen molar-refractivity contribution >= 4 is 33.4 Å². The molecule has 1 heterocycles. The number of hydrogen-bond acceptors (Lipinski definition) is 3. The minimum absolute atomic E-state index is 0.539. The van der Waals surface area contributed by atoms with Crippen molar-refractivity contribution in [3.8, 4) is 5.75 Å². The van der Waals surface area contributed by atoms with E-state index in [1.807, 2.05) is 23.9 Å². The fourth-order valence-electron chi connectivity index (χ4n) is 2.11. The second kappa shape index (κ2) is 6.01. The van der Waals surface area contributed by atoms with E-state index in [0.29, 0.717) is 11.3 Å². The number of benzene rings is 1. The lowest BCUT2D eigenvalue weighted by atomic mass is 10.1. The Kier molecular flexibility index (Phi) is 4.62. The number of thioether (sulfide) groups is 1. The van der Waals surface area contributed by atoms with Crippen molar-refractivity contribution < 1.29 is 4.74 Å². The minimum atomic E-state index is 0.539. The minimum Gasteiger partial charge on any atom is -0.495 e. The van der Waals surface area contributed by atoms with Gasteiger partial charge in [0.1, 0.15) is 5.75 Å². The number of nitrogens with one attached hydrogen (secondary N) is 1. The lowest BCUT2D eigenvalue weighted by Gasteiger charge is -2.30. The molecule has 0 spiro atoms. The van der Waals surface area contributed by atoms with E-state index in [-0.39, 0.29) is 0 Å². The summed E-state index contributed by atoms with van der Waals surface area (Å²) < 4.78 is 6.47. The first-order valence-electron chi connectivity index (χ1n) is 5.92. The normalized spacial score (nSPS) is 24.4. The van der Waals surface area contributed by atoms with Gasteiger partial charge in [-0.3, -0.25) is 0 Å². The Labute approximate surface area is 116 Å². The summed E-state index contributed by atoms with van der Waals surface area (Å²) in [7, 11) is 1.72. The van der Waals surface area contributed by atoms with Crippen LogP contribution in [0.4, 0.5) is 5.69 Å². The Balaban J connectivity index is 2.13. The molecule has 0 bridgehead atoms. The summed E-state index contributed by atoms with van der Waals surface area (Å²) in [4.78, 5) is 0. The van der Waals surface area contributed by atoms with Gasteiger partial charge in [0.15, 0.2) is 0 Å². The SMILES string of the molecule is COc1ccc(Br)cc1NC1CCCSC1C. The van der Waals surface area contributed by atoms with Gasteiger partial charge >= 0.3 is 0 Å². The summed E-state index contributed by atoms with van der Waals surface area (Å²) in [5, 5.41) is 4.27. The number of halogens is 1. The Bertz CT molecular complexity index is 386. The molecule has 2 rings (SSSR count). The Hall–Kier alpha value is -0.350. The van der Waals surface area contributed by atoms with E-state index < -0.39 is 0 Å². The van der Waals surface area contributed by atoms with E-state index in [0.717, 1.165) is 15.9 Å². The maximum absolute atomic E-state index is 5.39. The van der Waals surface area contributed by atoms with Crippen molar-refractivity contribution in [1.82, 2.24) is 0 Å². The molecule has 0 aromatic heterocycles. The van der Waals surface area contributed by atoms with Crippen molar-refractivity contribution in [2.24, 2.45) is 0 Å². The van der Waals surface area contributed by atoms with Crippen LogP contribution in [0.15, 0.2) is 22.7 Å². The smallest absolute Gasteiger partial charge is 0.142 e. The van der Waals surface area contributed by atoms with E-state index in [1.165, 1.54) is 18.6 Å². The molecule has 4 heteroatoms. The van der Waals surface area contributed by atoms with Gasteiger partial charge in [0, 0.05) is 15.8 Å². The molecule has 2 nitrogen and oxygen atoms in total. The van der Waals surface area contributed by atoms with E-state index in [4.69, 9.17) is 4.74 Å². The molecule has 1 saturated heterocycles. The second-order valence-corrected chi connectivity index (χ2v) is 6.71. The topological polar surface area (TPSA) is 21.3 Å². The van der Waals surface area contributed by atoms with Gasteiger partial charge in [0.25, 0.3) is 0 Å². The van der Waals surface area contributed by atoms with Crippen molar-refractivity contribution in [3.63, 3.8) is 0 Å². The predicted molar refractivity (Wildman–Crippen MR) is 79.3 cm³/mol. The monoisotopic (exact) mass is 315 g/mol. The second-order valence-electron chi connectivity index (χ2n) is 4.31. The maximum Gasteiger partial charge on any atom is 0.142 e. The molecular weight excluding hydrogens is 298 g/mol. The van der Waals surface area contributed by atoms with Crippen LogP contribution >= 0.6 is 27.7 Å². The zero-order valence-corrected chi connectivity index (χ0v) is 12.6. The van der Waals surface area contributed by atoms with Crippen molar-refractivity contribution in [2.75, 3.05) is 18.2 Å². The highest BCUT2D eigenvalue weighted by Crippen LogP contribution is 2.33. The fourth-order valence-corrected chi connectivity index (χ4v) is 3.61. The third-order valence-corrected chi connectivity index (χ3v) is 4.98. The van der Waals surface area contributed by atoms with Gasteiger partial charge in [-0.2, -0.15) is 11.8 Å².